The molecule has 0 aromatic heterocycles. The molecule has 0 bridgehead atoms. The molecule has 0 saturated heterocycles. The van der Waals surface area contributed by atoms with Crippen LogP contribution in [0.3, 0.4) is 0 Å². The Labute approximate surface area is 133 Å². The van der Waals surface area contributed by atoms with Crippen LogP contribution >= 0.6 is 0 Å². The topological polar surface area (TPSA) is 12.0 Å². The van der Waals surface area contributed by atoms with Crippen LogP contribution in [0, 0.1) is 20.8 Å². The van der Waals surface area contributed by atoms with Gasteiger partial charge in [0.2, 0.25) is 0 Å². The first-order valence-electron chi connectivity index (χ1n) is 7.91. The molecule has 1 aliphatic rings. The summed E-state index contributed by atoms with van der Waals surface area (Å²) in [5.41, 5.74) is 9.35. The average molecular weight is 289 g/mol. The van der Waals surface area contributed by atoms with Crippen molar-refractivity contribution in [3.8, 4) is 0 Å². The van der Waals surface area contributed by atoms with E-state index in [0.29, 0.717) is 0 Å². The summed E-state index contributed by atoms with van der Waals surface area (Å²) in [6.07, 6.45) is 7.63. The fourth-order valence-corrected chi connectivity index (χ4v) is 3.28. The van der Waals surface area contributed by atoms with Gasteiger partial charge in [-0.3, -0.25) is 0 Å². The molecule has 2 aromatic rings. The van der Waals surface area contributed by atoms with Crippen LogP contribution in [0.25, 0.3) is 5.57 Å². The van der Waals surface area contributed by atoms with Crippen LogP contribution in [0.4, 0.5) is 5.69 Å². The molecule has 0 spiro atoms. The standard InChI is InChI=1S/C21H23N/c1-15-12-16(2)21(17(3)13-15)22-14-19-10-6-7-11-20(19)18-8-4-5-9-18/h4-8,10-13,22H,9,14H2,1-3H3. The lowest BCUT2D eigenvalue weighted by Gasteiger charge is -2.16. The number of hydrogen-bond acceptors (Lipinski definition) is 1. The predicted molar refractivity (Wildman–Crippen MR) is 96.2 cm³/mol. The van der Waals surface area contributed by atoms with Gasteiger partial charge in [0.15, 0.2) is 0 Å². The van der Waals surface area contributed by atoms with Crippen molar-refractivity contribution in [2.45, 2.75) is 33.7 Å². The maximum atomic E-state index is 3.64. The highest BCUT2D eigenvalue weighted by Gasteiger charge is 2.09. The fourth-order valence-electron chi connectivity index (χ4n) is 3.28. The minimum atomic E-state index is 0.859. The maximum absolute atomic E-state index is 3.64. The van der Waals surface area contributed by atoms with Crippen LogP contribution in [0.15, 0.2) is 54.6 Å². The lowest BCUT2D eigenvalue weighted by atomic mass is 9.98. The zero-order chi connectivity index (χ0) is 15.5. The largest absolute Gasteiger partial charge is 0.381 e. The fraction of sp³-hybridized carbons (Fsp3) is 0.238. The molecule has 22 heavy (non-hydrogen) atoms. The van der Waals surface area contributed by atoms with Crippen LogP contribution in [-0.4, -0.2) is 0 Å². The summed E-state index contributed by atoms with van der Waals surface area (Å²) < 4.78 is 0. The molecule has 0 saturated carbocycles. The Morgan fingerprint density at radius 2 is 1.73 bits per heavy atom. The summed E-state index contributed by atoms with van der Waals surface area (Å²) in [5, 5.41) is 3.64. The van der Waals surface area contributed by atoms with Gasteiger partial charge in [-0.05, 0) is 55.0 Å². The third kappa shape index (κ3) is 2.99. The molecule has 0 aliphatic heterocycles. The van der Waals surface area contributed by atoms with Crippen molar-refractivity contribution in [3.05, 3.63) is 82.4 Å². The number of rotatable bonds is 4. The van der Waals surface area contributed by atoms with Gasteiger partial charge in [-0.1, -0.05) is 60.2 Å². The lowest BCUT2D eigenvalue weighted by Crippen LogP contribution is -2.05. The Balaban J connectivity index is 1.83. The highest BCUT2D eigenvalue weighted by atomic mass is 14.9. The Hall–Kier alpha value is -2.28. The summed E-state index contributed by atoms with van der Waals surface area (Å²) in [7, 11) is 0. The van der Waals surface area contributed by atoms with E-state index >= 15 is 0 Å². The number of hydrogen-bond donors (Lipinski definition) is 1. The molecular weight excluding hydrogens is 266 g/mol. The van der Waals surface area contributed by atoms with Gasteiger partial charge in [0.1, 0.15) is 0 Å². The third-order valence-corrected chi connectivity index (χ3v) is 4.27. The second kappa shape index (κ2) is 6.23. The summed E-state index contributed by atoms with van der Waals surface area (Å²) >= 11 is 0. The molecule has 1 N–H and O–H groups in total. The molecule has 112 valence electrons. The van der Waals surface area contributed by atoms with E-state index in [-0.39, 0.29) is 0 Å². The number of benzene rings is 2. The normalized spacial score (nSPS) is 13.3. The Morgan fingerprint density at radius 1 is 1.00 bits per heavy atom. The third-order valence-electron chi connectivity index (χ3n) is 4.27. The van der Waals surface area contributed by atoms with E-state index in [4.69, 9.17) is 0 Å². The van der Waals surface area contributed by atoms with E-state index in [1.54, 1.807) is 0 Å². The molecule has 1 heteroatoms. The molecular formula is C21H23N. The van der Waals surface area contributed by atoms with Gasteiger partial charge in [-0.25, -0.2) is 0 Å². The predicted octanol–water partition coefficient (Wildman–Crippen LogP) is 5.57. The monoisotopic (exact) mass is 289 g/mol. The minimum Gasteiger partial charge on any atom is -0.381 e. The number of anilines is 1. The van der Waals surface area contributed by atoms with Crippen molar-refractivity contribution < 1.29 is 0 Å². The van der Waals surface area contributed by atoms with Crippen LogP contribution in [0.5, 0.6) is 0 Å². The SMILES string of the molecule is Cc1cc(C)c(NCc2ccccc2C2=CC=CC2)c(C)c1. The van der Waals surface area contributed by atoms with E-state index in [9.17, 15) is 0 Å². The van der Waals surface area contributed by atoms with Crippen molar-refractivity contribution in [1.82, 2.24) is 0 Å². The highest BCUT2D eigenvalue weighted by Crippen LogP contribution is 2.28. The van der Waals surface area contributed by atoms with Crippen molar-refractivity contribution in [2.24, 2.45) is 0 Å². The van der Waals surface area contributed by atoms with Crippen molar-refractivity contribution >= 4 is 11.3 Å². The van der Waals surface area contributed by atoms with Crippen LogP contribution in [-0.2, 0) is 6.54 Å². The number of allylic oxidation sites excluding steroid dienone is 4. The molecule has 0 amide bonds. The van der Waals surface area contributed by atoms with Gasteiger partial charge < -0.3 is 5.32 Å². The van der Waals surface area contributed by atoms with Gasteiger partial charge in [0, 0.05) is 12.2 Å². The van der Waals surface area contributed by atoms with E-state index in [2.05, 4.69) is 80.7 Å². The van der Waals surface area contributed by atoms with Gasteiger partial charge in [-0.2, -0.15) is 0 Å². The zero-order valence-electron chi connectivity index (χ0n) is 13.6. The second-order valence-corrected chi connectivity index (χ2v) is 6.11. The molecule has 1 aliphatic carbocycles. The van der Waals surface area contributed by atoms with Gasteiger partial charge in [0.05, 0.1) is 0 Å². The smallest absolute Gasteiger partial charge is 0.0407 e. The summed E-state index contributed by atoms with van der Waals surface area (Å²) in [4.78, 5) is 0. The van der Waals surface area contributed by atoms with E-state index in [1.165, 1.54) is 39.1 Å². The molecule has 0 unspecified atom stereocenters. The first-order valence-corrected chi connectivity index (χ1v) is 7.91. The average Bonchev–Trinajstić information content (AvgIpc) is 3.00. The number of nitrogens with one attached hydrogen (secondary N) is 1. The quantitative estimate of drug-likeness (QED) is 0.776. The minimum absolute atomic E-state index is 0.859. The van der Waals surface area contributed by atoms with Gasteiger partial charge in [0.25, 0.3) is 0 Å². The Kier molecular flexibility index (Phi) is 4.15. The number of aryl methyl sites for hydroxylation is 3. The van der Waals surface area contributed by atoms with Crippen molar-refractivity contribution in [2.75, 3.05) is 5.32 Å². The van der Waals surface area contributed by atoms with E-state index < -0.39 is 0 Å². The summed E-state index contributed by atoms with van der Waals surface area (Å²) in [6, 6.07) is 13.2. The molecule has 3 rings (SSSR count). The molecule has 0 heterocycles. The Bertz CT molecular complexity index is 727. The molecule has 0 fully saturated rings. The van der Waals surface area contributed by atoms with Gasteiger partial charge in [-0.15, -0.1) is 0 Å². The second-order valence-electron chi connectivity index (χ2n) is 6.11. The molecule has 0 radical (unpaired) electrons. The summed E-state index contributed by atoms with van der Waals surface area (Å²) in [5.74, 6) is 0. The van der Waals surface area contributed by atoms with Crippen molar-refractivity contribution in [1.29, 1.82) is 0 Å². The van der Waals surface area contributed by atoms with Crippen LogP contribution < -0.4 is 5.32 Å². The van der Waals surface area contributed by atoms with Crippen LogP contribution in [0.2, 0.25) is 0 Å². The van der Waals surface area contributed by atoms with E-state index in [0.717, 1.165) is 13.0 Å². The molecule has 0 atom stereocenters. The highest BCUT2D eigenvalue weighted by molar-refractivity contribution is 5.73. The maximum Gasteiger partial charge on any atom is 0.0407 e. The van der Waals surface area contributed by atoms with Gasteiger partial charge >= 0.3 is 0 Å². The lowest BCUT2D eigenvalue weighted by molar-refractivity contribution is 1.11. The van der Waals surface area contributed by atoms with Crippen LogP contribution in [0.1, 0.15) is 34.2 Å². The first-order chi connectivity index (χ1) is 10.6. The molecule has 2 aromatic carbocycles. The first kappa shape index (κ1) is 14.6. The summed E-state index contributed by atoms with van der Waals surface area (Å²) in [6.45, 7) is 7.37. The van der Waals surface area contributed by atoms with Crippen molar-refractivity contribution in [3.63, 3.8) is 0 Å². The zero-order valence-corrected chi connectivity index (χ0v) is 13.6. The Morgan fingerprint density at radius 3 is 2.41 bits per heavy atom. The molecule has 1 nitrogen and oxygen atoms in total. The van der Waals surface area contributed by atoms with E-state index in [1.807, 2.05) is 0 Å².